The zero-order valence-corrected chi connectivity index (χ0v) is 19.7. The number of nitrogen functional groups attached to an aromatic ring is 1. The van der Waals surface area contributed by atoms with Gasteiger partial charge in [-0.25, -0.2) is 9.97 Å². The number of nitrogens with zero attached hydrogens (tertiary/aromatic N) is 6. The number of nitrogens with two attached hydrogens (primary N) is 1. The summed E-state index contributed by atoms with van der Waals surface area (Å²) in [5.41, 5.74) is 9.90. The number of aromatic nitrogens is 6. The second-order valence-electron chi connectivity index (χ2n) is 7.23. The van der Waals surface area contributed by atoms with Crippen molar-refractivity contribution in [3.63, 3.8) is 0 Å². The summed E-state index contributed by atoms with van der Waals surface area (Å²) < 4.78 is 7.98. The minimum atomic E-state index is -0.333. The van der Waals surface area contributed by atoms with Crippen LogP contribution in [-0.4, -0.2) is 35.8 Å². The van der Waals surface area contributed by atoms with Gasteiger partial charge in [-0.05, 0) is 52.4 Å². The van der Waals surface area contributed by atoms with Gasteiger partial charge in [0, 0.05) is 27.6 Å². The van der Waals surface area contributed by atoms with E-state index in [-0.39, 0.29) is 11.7 Å². The van der Waals surface area contributed by atoms with Crippen molar-refractivity contribution in [2.24, 2.45) is 0 Å². The van der Waals surface area contributed by atoms with Gasteiger partial charge in [0.1, 0.15) is 23.3 Å². The average molecular weight is 564 g/mol. The maximum absolute atomic E-state index is 12.4. The molecule has 11 heteroatoms. The molecule has 0 saturated heterocycles. The van der Waals surface area contributed by atoms with Gasteiger partial charge in [-0.15, -0.1) is 0 Å². The summed E-state index contributed by atoms with van der Waals surface area (Å²) in [6, 6.07) is 14.9. The molecule has 0 radical (unpaired) electrons. The molecule has 5 aromatic rings. The van der Waals surface area contributed by atoms with E-state index >= 15 is 0 Å². The van der Waals surface area contributed by atoms with Crippen molar-refractivity contribution in [1.82, 2.24) is 29.9 Å². The number of carbonyl (C=O) groups is 1. The number of amides is 1. The fourth-order valence-corrected chi connectivity index (χ4v) is 3.86. The van der Waals surface area contributed by atoms with Crippen molar-refractivity contribution >= 4 is 40.0 Å². The number of benzene rings is 1. The summed E-state index contributed by atoms with van der Waals surface area (Å²) in [6.07, 6.45) is 6.05. The molecular formula is C23H17IN8O2. The molecule has 5 rings (SSSR count). The molecule has 0 aliphatic carbocycles. The molecule has 4 heterocycles. The first-order chi connectivity index (χ1) is 16.6. The lowest BCUT2D eigenvalue weighted by Gasteiger charge is -2.08. The van der Waals surface area contributed by atoms with Crippen LogP contribution in [0.1, 0.15) is 15.9 Å². The fourth-order valence-electron chi connectivity index (χ4n) is 3.30. The number of hydrogen-bond acceptors (Lipinski definition) is 8. The molecule has 0 aliphatic heterocycles. The minimum Gasteiger partial charge on any atom is -0.382 e. The Kier molecular flexibility index (Phi) is 5.99. The van der Waals surface area contributed by atoms with Crippen molar-refractivity contribution in [3.05, 3.63) is 88.1 Å². The summed E-state index contributed by atoms with van der Waals surface area (Å²) in [5, 5.41) is 11.5. The van der Waals surface area contributed by atoms with E-state index in [0.717, 1.165) is 14.8 Å². The van der Waals surface area contributed by atoms with Gasteiger partial charge in [-0.1, -0.05) is 23.4 Å². The first-order valence-electron chi connectivity index (χ1n) is 10.1. The lowest BCUT2D eigenvalue weighted by molar-refractivity contribution is 0.102. The van der Waals surface area contributed by atoms with Crippen LogP contribution in [0.2, 0.25) is 0 Å². The van der Waals surface area contributed by atoms with Crippen LogP contribution in [0, 0.1) is 3.57 Å². The van der Waals surface area contributed by atoms with Gasteiger partial charge in [-0.3, -0.25) is 14.5 Å². The summed E-state index contributed by atoms with van der Waals surface area (Å²) in [4.78, 5) is 25.1. The first kappa shape index (κ1) is 21.7. The largest absolute Gasteiger partial charge is 0.382 e. The molecule has 0 saturated carbocycles. The molecule has 168 valence electrons. The van der Waals surface area contributed by atoms with Crippen LogP contribution in [-0.2, 0) is 6.54 Å². The maximum Gasteiger partial charge on any atom is 0.255 e. The molecule has 3 N–H and O–H groups in total. The van der Waals surface area contributed by atoms with Crippen LogP contribution in [0.3, 0.4) is 0 Å². The van der Waals surface area contributed by atoms with Gasteiger partial charge < -0.3 is 15.6 Å². The summed E-state index contributed by atoms with van der Waals surface area (Å²) in [6.45, 7) is 0.525. The molecule has 0 bridgehead atoms. The first-order valence-corrected chi connectivity index (χ1v) is 11.2. The third-order valence-corrected chi connectivity index (χ3v) is 6.05. The average Bonchev–Trinajstić information content (AvgIpc) is 3.52. The topological polar surface area (TPSA) is 138 Å². The quantitative estimate of drug-likeness (QED) is 0.297. The van der Waals surface area contributed by atoms with E-state index in [1.165, 1.54) is 24.9 Å². The number of hydrogen-bond donors (Lipinski definition) is 2. The van der Waals surface area contributed by atoms with Gasteiger partial charge in [0.25, 0.3) is 5.91 Å². The van der Waals surface area contributed by atoms with Crippen LogP contribution in [0.25, 0.3) is 22.9 Å². The van der Waals surface area contributed by atoms with Crippen molar-refractivity contribution in [3.8, 4) is 22.9 Å². The minimum absolute atomic E-state index is 0.127. The SMILES string of the molecule is Nc1nc(-c2cc(-c3ccon3)n(Cc3ccccc3I)n2)ncc1NC(=O)c1ccncc1. The lowest BCUT2D eigenvalue weighted by Crippen LogP contribution is -2.14. The smallest absolute Gasteiger partial charge is 0.255 e. The predicted octanol–water partition coefficient (Wildman–Crippen LogP) is 3.88. The van der Waals surface area contributed by atoms with E-state index in [2.05, 4.69) is 48.0 Å². The van der Waals surface area contributed by atoms with Crippen LogP contribution in [0.15, 0.2) is 77.9 Å². The number of nitrogens with one attached hydrogen (secondary N) is 1. The zero-order chi connectivity index (χ0) is 23.5. The number of rotatable bonds is 6. The van der Waals surface area contributed by atoms with E-state index in [1.807, 2.05) is 35.0 Å². The maximum atomic E-state index is 12.4. The van der Waals surface area contributed by atoms with E-state index in [0.29, 0.717) is 35.0 Å². The number of pyridine rings is 1. The number of carbonyl (C=O) groups excluding carboxylic acids is 1. The summed E-state index contributed by atoms with van der Waals surface area (Å²) in [5.74, 6) is 0.119. The molecule has 0 fully saturated rings. The Labute approximate surface area is 207 Å². The van der Waals surface area contributed by atoms with Crippen molar-refractivity contribution in [1.29, 1.82) is 0 Å². The molecule has 4 aromatic heterocycles. The standard InChI is InChI=1S/C23H17IN8O2/c24-16-4-2-1-3-15(16)13-32-20(17-7-10-34-31-17)11-18(30-32)22-27-12-19(21(25)29-22)28-23(33)14-5-8-26-9-6-14/h1-12H,13H2,(H,28,33)(H2,25,27,29). The van der Waals surface area contributed by atoms with Crippen molar-refractivity contribution in [2.45, 2.75) is 6.54 Å². The third-order valence-electron chi connectivity index (χ3n) is 5.00. The van der Waals surface area contributed by atoms with Gasteiger partial charge >= 0.3 is 0 Å². The second kappa shape index (κ2) is 9.39. The van der Waals surface area contributed by atoms with Gasteiger partial charge in [0.05, 0.1) is 18.4 Å². The van der Waals surface area contributed by atoms with Gasteiger partial charge in [-0.2, -0.15) is 5.10 Å². The predicted molar refractivity (Wildman–Crippen MR) is 134 cm³/mol. The monoisotopic (exact) mass is 564 g/mol. The van der Waals surface area contributed by atoms with E-state index < -0.39 is 0 Å². The molecule has 34 heavy (non-hydrogen) atoms. The molecule has 1 amide bonds. The van der Waals surface area contributed by atoms with Crippen molar-refractivity contribution < 1.29 is 9.32 Å². The lowest BCUT2D eigenvalue weighted by atomic mass is 10.2. The third kappa shape index (κ3) is 4.50. The normalized spacial score (nSPS) is 10.9. The van der Waals surface area contributed by atoms with E-state index in [4.69, 9.17) is 15.4 Å². The van der Waals surface area contributed by atoms with E-state index in [9.17, 15) is 4.79 Å². The van der Waals surface area contributed by atoms with Crippen LogP contribution < -0.4 is 11.1 Å². The molecule has 1 aromatic carbocycles. The Bertz CT molecular complexity index is 1450. The molecular weight excluding hydrogens is 547 g/mol. The molecule has 10 nitrogen and oxygen atoms in total. The second-order valence-corrected chi connectivity index (χ2v) is 8.39. The Morgan fingerprint density at radius 3 is 2.68 bits per heavy atom. The number of anilines is 2. The highest BCUT2D eigenvalue weighted by Crippen LogP contribution is 2.27. The molecule has 0 atom stereocenters. The Morgan fingerprint density at radius 1 is 1.12 bits per heavy atom. The molecule has 0 spiro atoms. The van der Waals surface area contributed by atoms with Crippen LogP contribution >= 0.6 is 22.6 Å². The Morgan fingerprint density at radius 2 is 1.94 bits per heavy atom. The van der Waals surface area contributed by atoms with Gasteiger partial charge in [0.15, 0.2) is 11.6 Å². The summed E-state index contributed by atoms with van der Waals surface area (Å²) in [7, 11) is 0. The van der Waals surface area contributed by atoms with Crippen LogP contribution in [0.4, 0.5) is 11.5 Å². The fraction of sp³-hybridized carbons (Fsp3) is 0.0435. The molecule has 0 unspecified atom stereocenters. The highest BCUT2D eigenvalue weighted by Gasteiger charge is 2.18. The highest BCUT2D eigenvalue weighted by atomic mass is 127. The van der Waals surface area contributed by atoms with Crippen molar-refractivity contribution in [2.75, 3.05) is 11.1 Å². The van der Waals surface area contributed by atoms with Gasteiger partial charge in [0.2, 0.25) is 0 Å². The van der Waals surface area contributed by atoms with Crippen LogP contribution in [0.5, 0.6) is 0 Å². The number of halogens is 1. The zero-order valence-electron chi connectivity index (χ0n) is 17.6. The highest BCUT2D eigenvalue weighted by molar-refractivity contribution is 14.1. The van der Waals surface area contributed by atoms with E-state index in [1.54, 1.807) is 18.2 Å². The Balaban J connectivity index is 1.46. The molecule has 0 aliphatic rings. The summed E-state index contributed by atoms with van der Waals surface area (Å²) >= 11 is 2.30. The Hall–Kier alpha value is -4.13.